The van der Waals surface area contributed by atoms with E-state index < -0.39 is 0 Å². The van der Waals surface area contributed by atoms with Crippen molar-refractivity contribution in [1.29, 1.82) is 0 Å². The van der Waals surface area contributed by atoms with Gasteiger partial charge in [0.2, 0.25) is 0 Å². The Kier molecular flexibility index (Phi) is 1.86. The molecule has 0 fully saturated rings. The lowest BCUT2D eigenvalue weighted by molar-refractivity contribution is 0.483. The Morgan fingerprint density at radius 1 is 1.25 bits per heavy atom. The first kappa shape index (κ1) is 7.41. The third-order valence-electron chi connectivity index (χ3n) is 2.29. The highest BCUT2D eigenvalue weighted by Crippen LogP contribution is 2.25. The molecular weight excluding hydrogens is 148 g/mol. The van der Waals surface area contributed by atoms with Crippen molar-refractivity contribution in [1.82, 2.24) is 0 Å². The first-order valence-corrected chi connectivity index (χ1v) is 4.29. The maximum Gasteiger partial charge on any atom is 0.126 e. The highest BCUT2D eigenvalue weighted by molar-refractivity contribution is 5.38. The van der Waals surface area contributed by atoms with Gasteiger partial charge in [-0.1, -0.05) is 12.6 Å². The van der Waals surface area contributed by atoms with Gasteiger partial charge < -0.3 is 4.74 Å². The van der Waals surface area contributed by atoms with Crippen LogP contribution >= 0.6 is 0 Å². The summed E-state index contributed by atoms with van der Waals surface area (Å²) in [4.78, 5) is 0. The lowest BCUT2D eigenvalue weighted by Crippen LogP contribution is -1.85. The molecule has 0 bridgehead atoms. The van der Waals surface area contributed by atoms with Crippen molar-refractivity contribution >= 4 is 0 Å². The molecule has 0 atom stereocenters. The smallest absolute Gasteiger partial charge is 0.126 e. The van der Waals surface area contributed by atoms with Crippen molar-refractivity contribution in [2.45, 2.75) is 19.3 Å². The van der Waals surface area contributed by atoms with Gasteiger partial charge in [-0.2, -0.15) is 0 Å². The van der Waals surface area contributed by atoms with E-state index in [0.29, 0.717) is 0 Å². The van der Waals surface area contributed by atoms with E-state index in [9.17, 15) is 0 Å². The zero-order valence-electron chi connectivity index (χ0n) is 7.05. The molecule has 1 heteroatoms. The second kappa shape index (κ2) is 3.02. The van der Waals surface area contributed by atoms with Gasteiger partial charge in [0, 0.05) is 0 Å². The predicted molar refractivity (Wildman–Crippen MR) is 49.3 cm³/mol. The highest BCUT2D eigenvalue weighted by atomic mass is 16.5. The van der Waals surface area contributed by atoms with Crippen LogP contribution < -0.4 is 4.74 Å². The predicted octanol–water partition coefficient (Wildman–Crippen LogP) is 2.70. The van der Waals surface area contributed by atoms with E-state index in [2.05, 4.69) is 18.7 Å². The summed E-state index contributed by atoms with van der Waals surface area (Å²) in [6.45, 7) is 3.53. The number of fused-ring (bicyclic) bond motifs is 1. The summed E-state index contributed by atoms with van der Waals surface area (Å²) in [7, 11) is 0. The van der Waals surface area contributed by atoms with E-state index in [-0.39, 0.29) is 0 Å². The van der Waals surface area contributed by atoms with E-state index >= 15 is 0 Å². The summed E-state index contributed by atoms with van der Waals surface area (Å²) in [6.07, 6.45) is 5.18. The van der Waals surface area contributed by atoms with E-state index in [1.54, 1.807) is 0 Å². The van der Waals surface area contributed by atoms with Gasteiger partial charge in [0.25, 0.3) is 0 Å². The number of hydrogen-bond donors (Lipinski definition) is 0. The average molecular weight is 160 g/mol. The molecule has 62 valence electrons. The quantitative estimate of drug-likeness (QED) is 0.604. The van der Waals surface area contributed by atoms with Gasteiger partial charge in [-0.3, -0.25) is 0 Å². The van der Waals surface area contributed by atoms with Crippen LogP contribution in [-0.4, -0.2) is 0 Å². The summed E-state index contributed by atoms with van der Waals surface area (Å²) in [5.41, 5.74) is 2.92. The topological polar surface area (TPSA) is 9.23 Å². The molecule has 1 aromatic rings. The number of benzene rings is 1. The van der Waals surface area contributed by atoms with E-state index in [1.807, 2.05) is 6.07 Å². The third kappa shape index (κ3) is 1.22. The SMILES string of the molecule is C=COc1ccc2c(c1)CCC2. The van der Waals surface area contributed by atoms with E-state index in [0.717, 1.165) is 5.75 Å². The average Bonchev–Trinajstić information content (AvgIpc) is 2.51. The molecule has 0 saturated carbocycles. The summed E-state index contributed by atoms with van der Waals surface area (Å²) in [5, 5.41) is 0. The number of ether oxygens (including phenoxy) is 1. The minimum absolute atomic E-state index is 0.908. The van der Waals surface area contributed by atoms with Crippen LogP contribution in [-0.2, 0) is 12.8 Å². The maximum absolute atomic E-state index is 5.20. The van der Waals surface area contributed by atoms with Crippen molar-refractivity contribution in [3.63, 3.8) is 0 Å². The second-order valence-corrected chi connectivity index (χ2v) is 3.07. The van der Waals surface area contributed by atoms with Crippen LogP contribution in [0.5, 0.6) is 5.75 Å². The largest absolute Gasteiger partial charge is 0.466 e. The third-order valence-corrected chi connectivity index (χ3v) is 2.29. The van der Waals surface area contributed by atoms with Crippen LogP contribution in [0.3, 0.4) is 0 Å². The van der Waals surface area contributed by atoms with Gasteiger partial charge in [-0.25, -0.2) is 0 Å². The molecule has 0 aromatic heterocycles. The molecule has 0 radical (unpaired) electrons. The van der Waals surface area contributed by atoms with Crippen LogP contribution in [0.4, 0.5) is 0 Å². The summed E-state index contributed by atoms with van der Waals surface area (Å²) in [6, 6.07) is 6.27. The maximum atomic E-state index is 5.20. The van der Waals surface area contributed by atoms with Crippen molar-refractivity contribution in [2.75, 3.05) is 0 Å². The molecule has 0 heterocycles. The molecule has 0 unspecified atom stereocenters. The Labute approximate surface area is 72.7 Å². The van der Waals surface area contributed by atoms with Crippen LogP contribution in [0.2, 0.25) is 0 Å². The van der Waals surface area contributed by atoms with Crippen LogP contribution in [0, 0.1) is 0 Å². The van der Waals surface area contributed by atoms with Crippen molar-refractivity contribution < 1.29 is 4.74 Å². The monoisotopic (exact) mass is 160 g/mol. The fourth-order valence-corrected chi connectivity index (χ4v) is 1.72. The molecule has 2 rings (SSSR count). The van der Waals surface area contributed by atoms with Crippen molar-refractivity contribution in [2.24, 2.45) is 0 Å². The molecule has 1 aromatic carbocycles. The van der Waals surface area contributed by atoms with E-state index in [4.69, 9.17) is 4.74 Å². The Morgan fingerprint density at radius 2 is 2.08 bits per heavy atom. The number of hydrogen-bond acceptors (Lipinski definition) is 1. The van der Waals surface area contributed by atoms with Gasteiger partial charge >= 0.3 is 0 Å². The molecule has 12 heavy (non-hydrogen) atoms. The lowest BCUT2D eigenvalue weighted by atomic mass is 10.1. The Bertz CT molecular complexity index is 302. The zero-order valence-corrected chi connectivity index (χ0v) is 7.05. The molecule has 0 spiro atoms. The van der Waals surface area contributed by atoms with Crippen LogP contribution in [0.25, 0.3) is 0 Å². The standard InChI is InChI=1S/C11H12O/c1-2-12-11-7-6-9-4-3-5-10(9)8-11/h2,6-8H,1,3-5H2. The van der Waals surface area contributed by atoms with Gasteiger partial charge in [0.1, 0.15) is 5.75 Å². The fourth-order valence-electron chi connectivity index (χ4n) is 1.72. The van der Waals surface area contributed by atoms with Gasteiger partial charge in [0.15, 0.2) is 0 Å². The van der Waals surface area contributed by atoms with Crippen LogP contribution in [0.1, 0.15) is 17.5 Å². The minimum Gasteiger partial charge on any atom is -0.466 e. The van der Waals surface area contributed by atoms with Gasteiger partial charge in [-0.05, 0) is 42.5 Å². The Morgan fingerprint density at radius 3 is 2.92 bits per heavy atom. The molecule has 1 aliphatic carbocycles. The number of aryl methyl sites for hydroxylation is 2. The highest BCUT2D eigenvalue weighted by Gasteiger charge is 2.10. The Hall–Kier alpha value is -1.24. The summed E-state index contributed by atoms with van der Waals surface area (Å²) in [5.74, 6) is 0.908. The molecule has 0 N–H and O–H groups in total. The minimum atomic E-state index is 0.908. The van der Waals surface area contributed by atoms with E-state index in [1.165, 1.54) is 36.7 Å². The van der Waals surface area contributed by atoms with Gasteiger partial charge in [-0.15, -0.1) is 0 Å². The summed E-state index contributed by atoms with van der Waals surface area (Å²) < 4.78 is 5.20. The molecule has 1 aliphatic rings. The number of rotatable bonds is 2. The first-order chi connectivity index (χ1) is 5.90. The Balaban J connectivity index is 2.32. The lowest BCUT2D eigenvalue weighted by Gasteiger charge is -2.02. The molecule has 1 nitrogen and oxygen atoms in total. The zero-order chi connectivity index (χ0) is 8.39. The molecule has 0 amide bonds. The molecule has 0 saturated heterocycles. The normalized spacial score (nSPS) is 14.0. The molecular formula is C11H12O. The fraction of sp³-hybridized carbons (Fsp3) is 0.273. The van der Waals surface area contributed by atoms with Crippen molar-refractivity contribution in [3.05, 3.63) is 42.2 Å². The van der Waals surface area contributed by atoms with Crippen LogP contribution in [0.15, 0.2) is 31.0 Å². The van der Waals surface area contributed by atoms with Gasteiger partial charge in [0.05, 0.1) is 6.26 Å². The first-order valence-electron chi connectivity index (χ1n) is 4.29. The molecule has 0 aliphatic heterocycles. The second-order valence-electron chi connectivity index (χ2n) is 3.07. The summed E-state index contributed by atoms with van der Waals surface area (Å²) >= 11 is 0. The van der Waals surface area contributed by atoms with Crippen molar-refractivity contribution in [3.8, 4) is 5.75 Å².